The van der Waals surface area contributed by atoms with Crippen LogP contribution in [-0.4, -0.2) is 45.7 Å². The van der Waals surface area contributed by atoms with Crippen molar-refractivity contribution in [2.75, 3.05) is 20.1 Å². The molecule has 2 atom stereocenters. The van der Waals surface area contributed by atoms with E-state index in [0.29, 0.717) is 18.5 Å². The summed E-state index contributed by atoms with van der Waals surface area (Å²) in [5.41, 5.74) is 0.892. The molecule has 3 rings (SSSR count). The van der Waals surface area contributed by atoms with E-state index in [1.807, 2.05) is 38.8 Å². The predicted molar refractivity (Wildman–Crippen MR) is 88.1 cm³/mol. The molecule has 1 saturated heterocycles. The first-order chi connectivity index (χ1) is 11.2. The third-order valence-corrected chi connectivity index (χ3v) is 4.44. The van der Waals surface area contributed by atoms with Gasteiger partial charge in [0.05, 0.1) is 24.6 Å². The van der Waals surface area contributed by atoms with E-state index in [2.05, 4.69) is 36.8 Å². The van der Waals surface area contributed by atoms with Crippen molar-refractivity contribution in [2.45, 2.75) is 32.9 Å². The molecule has 1 aliphatic rings. The standard InChI is InChI=1S/C16H24N6O/c1-12-4-6-21(10-15(12)22-7-5-18-11-22)16(17-3)19-9-14-8-13(2)20-23-14/h5,7-8,11-12,15H,4,6,9-10H2,1-3H3,(H,17,19). The molecule has 23 heavy (non-hydrogen) atoms. The van der Waals surface area contributed by atoms with Crippen molar-refractivity contribution in [1.29, 1.82) is 0 Å². The zero-order valence-corrected chi connectivity index (χ0v) is 13.9. The number of rotatable bonds is 3. The third-order valence-electron chi connectivity index (χ3n) is 4.44. The van der Waals surface area contributed by atoms with Crippen LogP contribution in [0.5, 0.6) is 0 Å². The molecule has 2 aromatic rings. The highest BCUT2D eigenvalue weighted by molar-refractivity contribution is 5.79. The van der Waals surface area contributed by atoms with E-state index in [4.69, 9.17) is 4.52 Å². The number of hydrogen-bond donors (Lipinski definition) is 1. The van der Waals surface area contributed by atoms with Gasteiger partial charge < -0.3 is 19.3 Å². The molecule has 124 valence electrons. The molecule has 2 aromatic heterocycles. The Kier molecular flexibility index (Phi) is 4.64. The smallest absolute Gasteiger partial charge is 0.194 e. The molecule has 1 aliphatic heterocycles. The van der Waals surface area contributed by atoms with Gasteiger partial charge in [-0.05, 0) is 19.3 Å². The summed E-state index contributed by atoms with van der Waals surface area (Å²) in [6.45, 7) is 6.74. The molecular formula is C16H24N6O. The van der Waals surface area contributed by atoms with Crippen molar-refractivity contribution in [1.82, 2.24) is 24.9 Å². The molecule has 2 unspecified atom stereocenters. The number of aliphatic imine (C=N–C) groups is 1. The summed E-state index contributed by atoms with van der Waals surface area (Å²) in [5.74, 6) is 2.34. The zero-order valence-electron chi connectivity index (χ0n) is 13.9. The minimum absolute atomic E-state index is 0.414. The second-order valence-electron chi connectivity index (χ2n) is 6.12. The largest absolute Gasteiger partial charge is 0.359 e. The van der Waals surface area contributed by atoms with E-state index in [-0.39, 0.29) is 0 Å². The fraction of sp³-hybridized carbons (Fsp3) is 0.562. The van der Waals surface area contributed by atoms with Gasteiger partial charge in [-0.3, -0.25) is 4.99 Å². The van der Waals surface area contributed by atoms with Crippen molar-refractivity contribution < 1.29 is 4.52 Å². The average molecular weight is 316 g/mol. The summed E-state index contributed by atoms with van der Waals surface area (Å²) in [6, 6.07) is 2.35. The highest BCUT2D eigenvalue weighted by Gasteiger charge is 2.28. The molecule has 0 spiro atoms. The first-order valence-corrected chi connectivity index (χ1v) is 8.02. The second kappa shape index (κ2) is 6.85. The van der Waals surface area contributed by atoms with Crippen LogP contribution in [0.3, 0.4) is 0 Å². The summed E-state index contributed by atoms with van der Waals surface area (Å²) in [5, 5.41) is 7.28. The predicted octanol–water partition coefficient (Wildman–Crippen LogP) is 1.84. The van der Waals surface area contributed by atoms with Gasteiger partial charge >= 0.3 is 0 Å². The number of hydrogen-bond acceptors (Lipinski definition) is 4. The monoisotopic (exact) mass is 316 g/mol. The molecule has 0 saturated carbocycles. The first-order valence-electron chi connectivity index (χ1n) is 8.02. The van der Waals surface area contributed by atoms with E-state index in [1.54, 1.807) is 0 Å². The van der Waals surface area contributed by atoms with E-state index >= 15 is 0 Å². The lowest BCUT2D eigenvalue weighted by atomic mass is 9.93. The van der Waals surface area contributed by atoms with E-state index in [1.165, 1.54) is 0 Å². The fourth-order valence-corrected chi connectivity index (χ4v) is 3.09. The number of aryl methyl sites for hydroxylation is 1. The zero-order chi connectivity index (χ0) is 16.2. The number of guanidine groups is 1. The van der Waals surface area contributed by atoms with Crippen LogP contribution in [0.2, 0.25) is 0 Å². The summed E-state index contributed by atoms with van der Waals surface area (Å²) in [4.78, 5) is 10.9. The highest BCUT2D eigenvalue weighted by Crippen LogP contribution is 2.27. The summed E-state index contributed by atoms with van der Waals surface area (Å²) in [6.07, 6.45) is 6.91. The Labute approximate surface area is 136 Å². The molecule has 3 heterocycles. The van der Waals surface area contributed by atoms with Gasteiger partial charge in [0.15, 0.2) is 11.7 Å². The minimum atomic E-state index is 0.414. The molecule has 7 nitrogen and oxygen atoms in total. The maximum Gasteiger partial charge on any atom is 0.194 e. The topological polar surface area (TPSA) is 71.5 Å². The maximum absolute atomic E-state index is 5.25. The average Bonchev–Trinajstić information content (AvgIpc) is 3.21. The summed E-state index contributed by atoms with van der Waals surface area (Å²) >= 11 is 0. The molecule has 0 amide bonds. The lowest BCUT2D eigenvalue weighted by Gasteiger charge is -2.39. The van der Waals surface area contributed by atoms with Gasteiger partial charge in [-0.25, -0.2) is 4.98 Å². The van der Waals surface area contributed by atoms with E-state index in [0.717, 1.165) is 36.9 Å². The Hall–Kier alpha value is -2.31. The highest BCUT2D eigenvalue weighted by atomic mass is 16.5. The Morgan fingerprint density at radius 3 is 3.04 bits per heavy atom. The molecule has 7 heteroatoms. The van der Waals surface area contributed by atoms with Gasteiger partial charge in [0.25, 0.3) is 0 Å². The third kappa shape index (κ3) is 3.55. The summed E-state index contributed by atoms with van der Waals surface area (Å²) < 4.78 is 7.44. The quantitative estimate of drug-likeness (QED) is 0.691. The number of likely N-dealkylation sites (tertiary alicyclic amines) is 1. The number of nitrogens with zero attached hydrogens (tertiary/aromatic N) is 5. The van der Waals surface area contributed by atoms with Gasteiger partial charge in [0, 0.05) is 38.6 Å². The van der Waals surface area contributed by atoms with Crippen molar-refractivity contribution in [3.05, 3.63) is 36.2 Å². The molecule has 1 fully saturated rings. The van der Waals surface area contributed by atoms with Crippen molar-refractivity contribution in [2.24, 2.45) is 10.9 Å². The Morgan fingerprint density at radius 1 is 1.52 bits per heavy atom. The Morgan fingerprint density at radius 2 is 2.39 bits per heavy atom. The van der Waals surface area contributed by atoms with Gasteiger partial charge in [-0.2, -0.15) is 0 Å². The van der Waals surface area contributed by atoms with Crippen molar-refractivity contribution >= 4 is 5.96 Å². The van der Waals surface area contributed by atoms with Crippen LogP contribution in [-0.2, 0) is 6.54 Å². The van der Waals surface area contributed by atoms with Crippen LogP contribution in [0.1, 0.15) is 30.8 Å². The molecule has 0 aliphatic carbocycles. The number of piperidine rings is 1. The SMILES string of the molecule is CN=C(NCc1cc(C)no1)N1CCC(C)C(n2ccnc2)C1. The normalized spacial score (nSPS) is 22.4. The van der Waals surface area contributed by atoms with Gasteiger partial charge in [0.1, 0.15) is 0 Å². The molecule has 1 N–H and O–H groups in total. The Bertz CT molecular complexity index is 647. The van der Waals surface area contributed by atoms with Crippen LogP contribution >= 0.6 is 0 Å². The lowest BCUT2D eigenvalue weighted by molar-refractivity contribution is 0.188. The van der Waals surface area contributed by atoms with Crippen LogP contribution in [0, 0.1) is 12.8 Å². The first kappa shape index (κ1) is 15.6. The molecule has 0 bridgehead atoms. The molecule has 0 aromatic carbocycles. The van der Waals surface area contributed by atoms with Crippen LogP contribution in [0.4, 0.5) is 0 Å². The number of imidazole rings is 1. The van der Waals surface area contributed by atoms with Gasteiger partial charge in [-0.1, -0.05) is 12.1 Å². The molecule has 0 radical (unpaired) electrons. The fourth-order valence-electron chi connectivity index (χ4n) is 3.09. The second-order valence-corrected chi connectivity index (χ2v) is 6.12. The summed E-state index contributed by atoms with van der Waals surface area (Å²) in [7, 11) is 1.82. The van der Waals surface area contributed by atoms with E-state index < -0.39 is 0 Å². The van der Waals surface area contributed by atoms with Crippen molar-refractivity contribution in [3.63, 3.8) is 0 Å². The molecular weight excluding hydrogens is 292 g/mol. The van der Waals surface area contributed by atoms with Gasteiger partial charge in [-0.15, -0.1) is 0 Å². The Balaban J connectivity index is 1.64. The number of aromatic nitrogens is 3. The number of nitrogens with one attached hydrogen (secondary N) is 1. The maximum atomic E-state index is 5.25. The van der Waals surface area contributed by atoms with Crippen molar-refractivity contribution in [3.8, 4) is 0 Å². The van der Waals surface area contributed by atoms with Crippen LogP contribution < -0.4 is 5.32 Å². The minimum Gasteiger partial charge on any atom is -0.359 e. The van der Waals surface area contributed by atoms with Gasteiger partial charge in [0.2, 0.25) is 0 Å². The van der Waals surface area contributed by atoms with E-state index in [9.17, 15) is 0 Å². The van der Waals surface area contributed by atoms with Crippen LogP contribution in [0.25, 0.3) is 0 Å². The van der Waals surface area contributed by atoms with Crippen LogP contribution in [0.15, 0.2) is 34.3 Å². The lowest BCUT2D eigenvalue weighted by Crippen LogP contribution is -2.48.